The number of anilines is 3. The predicted octanol–water partition coefficient (Wildman–Crippen LogP) is 5.50. The number of benzene rings is 2. The molecule has 0 saturated carbocycles. The number of nitrogens with one attached hydrogen (secondary N) is 2. The summed E-state index contributed by atoms with van der Waals surface area (Å²) in [4.78, 5) is 19.7. The van der Waals surface area contributed by atoms with E-state index in [9.17, 15) is 4.79 Å². The molecule has 0 radical (unpaired) electrons. The summed E-state index contributed by atoms with van der Waals surface area (Å²) < 4.78 is 3.91. The van der Waals surface area contributed by atoms with Crippen LogP contribution in [-0.4, -0.2) is 50.6 Å². The highest BCUT2D eigenvalue weighted by Gasteiger charge is 2.10. The van der Waals surface area contributed by atoms with Crippen molar-refractivity contribution in [1.29, 1.82) is 0 Å². The summed E-state index contributed by atoms with van der Waals surface area (Å²) in [7, 11) is 4.15. The monoisotopic (exact) mass is 531 g/mol. The molecular formula is C32H33N7O. The van der Waals surface area contributed by atoms with Crippen molar-refractivity contribution in [1.82, 2.24) is 24.1 Å². The number of fused-ring (bicyclic) bond motifs is 1. The molecule has 3 heterocycles. The quantitative estimate of drug-likeness (QED) is 0.259. The van der Waals surface area contributed by atoms with E-state index in [4.69, 9.17) is 0 Å². The molecule has 0 fully saturated rings. The molecule has 0 aliphatic carbocycles. The van der Waals surface area contributed by atoms with Crippen LogP contribution in [0.3, 0.4) is 0 Å². The van der Waals surface area contributed by atoms with Gasteiger partial charge in [0.05, 0.1) is 23.8 Å². The standard InChI is InChI=1S/C32H33N7O/c1-23-8-5-9-27(18-23)36-32(40)26-12-11-24(2)25(19-26)13-14-29-21-33-31-30(10-6-17-39(29)31)35-28-20-34-38(22-28)16-7-15-37(3)4/h5-6,8-12,17-22,35H,7,15-16H2,1-4H3,(H,36,40). The van der Waals surface area contributed by atoms with Gasteiger partial charge in [0.25, 0.3) is 5.91 Å². The van der Waals surface area contributed by atoms with Crippen LogP contribution in [0.15, 0.2) is 79.4 Å². The molecule has 0 spiro atoms. The minimum absolute atomic E-state index is 0.166. The van der Waals surface area contributed by atoms with Gasteiger partial charge in [-0.3, -0.25) is 13.9 Å². The second kappa shape index (κ2) is 11.9. The molecule has 2 aromatic carbocycles. The summed E-state index contributed by atoms with van der Waals surface area (Å²) in [5, 5.41) is 10.9. The van der Waals surface area contributed by atoms with E-state index in [-0.39, 0.29) is 5.91 Å². The maximum atomic E-state index is 12.9. The fourth-order valence-corrected chi connectivity index (χ4v) is 4.41. The Balaban J connectivity index is 1.33. The van der Waals surface area contributed by atoms with Crippen LogP contribution in [0.1, 0.15) is 39.2 Å². The van der Waals surface area contributed by atoms with E-state index in [1.165, 1.54) is 0 Å². The Morgan fingerprint density at radius 1 is 1.00 bits per heavy atom. The van der Waals surface area contributed by atoms with E-state index >= 15 is 0 Å². The lowest BCUT2D eigenvalue weighted by Gasteiger charge is -2.08. The lowest BCUT2D eigenvalue weighted by molar-refractivity contribution is 0.102. The first-order chi connectivity index (χ1) is 19.4. The molecule has 2 N–H and O–H groups in total. The average Bonchev–Trinajstić information content (AvgIpc) is 3.55. The number of carbonyl (C=O) groups excluding carboxylic acids is 1. The van der Waals surface area contributed by atoms with E-state index in [2.05, 4.69) is 51.6 Å². The zero-order valence-electron chi connectivity index (χ0n) is 23.3. The minimum atomic E-state index is -0.166. The third-order valence-corrected chi connectivity index (χ3v) is 6.54. The van der Waals surface area contributed by atoms with Crippen LogP contribution in [0.5, 0.6) is 0 Å². The number of carbonyl (C=O) groups is 1. The fourth-order valence-electron chi connectivity index (χ4n) is 4.41. The van der Waals surface area contributed by atoms with Gasteiger partial charge in [0.15, 0.2) is 5.65 Å². The molecule has 0 atom stereocenters. The Labute approximate surface area is 234 Å². The van der Waals surface area contributed by atoms with Gasteiger partial charge in [0, 0.05) is 35.8 Å². The van der Waals surface area contributed by atoms with Crippen LogP contribution >= 0.6 is 0 Å². The van der Waals surface area contributed by atoms with Gasteiger partial charge in [-0.05, 0) is 94.4 Å². The Morgan fingerprint density at radius 3 is 2.70 bits per heavy atom. The molecule has 0 bridgehead atoms. The Kier molecular flexibility index (Phi) is 7.94. The molecule has 0 aliphatic rings. The van der Waals surface area contributed by atoms with Gasteiger partial charge in [0.2, 0.25) is 0 Å². The molecule has 202 valence electrons. The number of rotatable bonds is 8. The molecule has 0 saturated heterocycles. The first-order valence-corrected chi connectivity index (χ1v) is 13.3. The Hall–Kier alpha value is -4.87. The fraction of sp³-hybridized carbons (Fsp3) is 0.219. The van der Waals surface area contributed by atoms with E-state index in [1.807, 2.05) is 96.1 Å². The number of amides is 1. The predicted molar refractivity (Wildman–Crippen MR) is 160 cm³/mol. The number of hydrogen-bond acceptors (Lipinski definition) is 5. The highest BCUT2D eigenvalue weighted by Crippen LogP contribution is 2.22. The van der Waals surface area contributed by atoms with Gasteiger partial charge in [-0.2, -0.15) is 5.10 Å². The zero-order valence-corrected chi connectivity index (χ0v) is 23.3. The molecular weight excluding hydrogens is 498 g/mol. The van der Waals surface area contributed by atoms with E-state index < -0.39 is 0 Å². The van der Waals surface area contributed by atoms with Crippen LogP contribution in [0.2, 0.25) is 0 Å². The van der Waals surface area contributed by atoms with E-state index in [0.717, 1.165) is 64.6 Å². The van der Waals surface area contributed by atoms with Crippen molar-refractivity contribution in [2.45, 2.75) is 26.8 Å². The third-order valence-electron chi connectivity index (χ3n) is 6.54. The number of pyridine rings is 1. The molecule has 8 heteroatoms. The van der Waals surface area contributed by atoms with Crippen molar-refractivity contribution >= 4 is 28.6 Å². The molecule has 5 rings (SSSR count). The minimum Gasteiger partial charge on any atom is -0.350 e. The zero-order chi connectivity index (χ0) is 28.1. The van der Waals surface area contributed by atoms with Crippen molar-refractivity contribution in [3.8, 4) is 11.8 Å². The molecule has 40 heavy (non-hydrogen) atoms. The molecule has 1 amide bonds. The summed E-state index contributed by atoms with van der Waals surface area (Å²) in [6, 6.07) is 17.3. The number of hydrogen-bond donors (Lipinski definition) is 2. The highest BCUT2D eigenvalue weighted by molar-refractivity contribution is 6.04. The van der Waals surface area contributed by atoms with Crippen LogP contribution < -0.4 is 10.6 Å². The second-order valence-corrected chi connectivity index (χ2v) is 10.1. The normalized spacial score (nSPS) is 10.9. The van der Waals surface area contributed by atoms with Gasteiger partial charge < -0.3 is 15.5 Å². The number of aryl methyl sites for hydroxylation is 3. The van der Waals surface area contributed by atoms with Crippen molar-refractivity contribution in [2.75, 3.05) is 31.3 Å². The molecule has 3 aromatic heterocycles. The van der Waals surface area contributed by atoms with Gasteiger partial charge >= 0.3 is 0 Å². The molecule has 5 aromatic rings. The molecule has 8 nitrogen and oxygen atoms in total. The maximum absolute atomic E-state index is 12.9. The topological polar surface area (TPSA) is 79.5 Å². The summed E-state index contributed by atoms with van der Waals surface area (Å²) in [5.41, 5.74) is 7.52. The summed E-state index contributed by atoms with van der Waals surface area (Å²) in [5.74, 6) is 6.33. The van der Waals surface area contributed by atoms with Crippen molar-refractivity contribution < 1.29 is 4.79 Å². The van der Waals surface area contributed by atoms with Gasteiger partial charge in [-0.15, -0.1) is 0 Å². The average molecular weight is 532 g/mol. The second-order valence-electron chi connectivity index (χ2n) is 10.1. The van der Waals surface area contributed by atoms with Gasteiger partial charge in [-0.1, -0.05) is 24.1 Å². The maximum Gasteiger partial charge on any atom is 0.255 e. The van der Waals surface area contributed by atoms with Crippen LogP contribution in [0.4, 0.5) is 17.1 Å². The smallest absolute Gasteiger partial charge is 0.255 e. The lowest BCUT2D eigenvalue weighted by Crippen LogP contribution is -2.15. The van der Waals surface area contributed by atoms with Crippen molar-refractivity contribution in [2.24, 2.45) is 0 Å². The van der Waals surface area contributed by atoms with Crippen molar-refractivity contribution in [3.63, 3.8) is 0 Å². The molecule has 0 aliphatic heterocycles. The third kappa shape index (κ3) is 6.40. The summed E-state index contributed by atoms with van der Waals surface area (Å²) in [6.45, 7) is 5.87. The summed E-state index contributed by atoms with van der Waals surface area (Å²) in [6.07, 6.45) is 8.58. The number of aromatic nitrogens is 4. The Bertz CT molecular complexity index is 1720. The first kappa shape index (κ1) is 26.7. The van der Waals surface area contributed by atoms with Crippen LogP contribution in [0, 0.1) is 25.7 Å². The number of nitrogens with zero attached hydrogens (tertiary/aromatic N) is 5. The Morgan fingerprint density at radius 2 is 1.88 bits per heavy atom. The largest absolute Gasteiger partial charge is 0.350 e. The van der Waals surface area contributed by atoms with E-state index in [1.54, 1.807) is 6.20 Å². The van der Waals surface area contributed by atoms with E-state index in [0.29, 0.717) is 5.56 Å². The number of imidazole rings is 1. The van der Waals surface area contributed by atoms with Gasteiger partial charge in [0.1, 0.15) is 5.69 Å². The van der Waals surface area contributed by atoms with Gasteiger partial charge in [-0.25, -0.2) is 4.98 Å². The van der Waals surface area contributed by atoms with Crippen molar-refractivity contribution in [3.05, 3.63) is 107 Å². The SMILES string of the molecule is Cc1cccc(NC(=O)c2ccc(C)c(C#Cc3cnc4c(Nc5cnn(CCCN(C)C)c5)cccn34)c2)c1. The molecule has 0 unspecified atom stereocenters. The first-order valence-electron chi connectivity index (χ1n) is 13.3. The van der Waals surface area contributed by atoms with Crippen LogP contribution in [0.25, 0.3) is 5.65 Å². The lowest BCUT2D eigenvalue weighted by atomic mass is 10.0. The summed E-state index contributed by atoms with van der Waals surface area (Å²) >= 11 is 0. The van der Waals surface area contributed by atoms with Crippen LogP contribution in [-0.2, 0) is 6.54 Å². The highest BCUT2D eigenvalue weighted by atomic mass is 16.1.